The second kappa shape index (κ2) is 7.73. The van der Waals surface area contributed by atoms with Crippen molar-refractivity contribution in [1.82, 2.24) is 10.6 Å². The molecule has 1 aliphatic heterocycles. The van der Waals surface area contributed by atoms with Gasteiger partial charge in [0, 0.05) is 24.6 Å². The fourth-order valence-electron chi connectivity index (χ4n) is 2.62. The molecule has 2 rings (SSSR count). The zero-order valence-corrected chi connectivity index (χ0v) is 12.0. The monoisotopic (exact) mass is 291 g/mol. The predicted molar refractivity (Wildman–Crippen MR) is 80.0 cm³/mol. The summed E-state index contributed by atoms with van der Waals surface area (Å²) in [5, 5.41) is 17.0. The van der Waals surface area contributed by atoms with Crippen LogP contribution in [-0.2, 0) is 11.2 Å². The number of para-hydroxylation sites is 1. The van der Waals surface area contributed by atoms with Crippen LogP contribution < -0.4 is 10.6 Å². The van der Waals surface area contributed by atoms with E-state index in [2.05, 4.69) is 10.6 Å². The standard InChI is InChI=1S/C15H21N3O3/c19-15(6-5-12-7-9-16-11-12)17-10-8-13-3-1-2-4-14(13)18(20)21/h1-4,12,16H,5-11H2,(H,17,19). The van der Waals surface area contributed by atoms with Gasteiger partial charge in [-0.1, -0.05) is 18.2 Å². The SMILES string of the molecule is O=C(CCC1CCNC1)NCCc1ccccc1[N+](=O)[O-]. The molecule has 1 aromatic rings. The largest absolute Gasteiger partial charge is 0.356 e. The third-order valence-electron chi connectivity index (χ3n) is 3.85. The molecule has 1 aliphatic rings. The normalized spacial score (nSPS) is 17.6. The molecule has 6 nitrogen and oxygen atoms in total. The number of carbonyl (C=O) groups excluding carboxylic acids is 1. The van der Waals surface area contributed by atoms with Crippen molar-refractivity contribution in [3.05, 3.63) is 39.9 Å². The molecule has 1 heterocycles. The molecule has 0 radical (unpaired) electrons. The average Bonchev–Trinajstić information content (AvgIpc) is 2.99. The van der Waals surface area contributed by atoms with Crippen LogP contribution in [0.15, 0.2) is 24.3 Å². The van der Waals surface area contributed by atoms with Gasteiger partial charge in [0.25, 0.3) is 5.69 Å². The molecule has 1 fully saturated rings. The second-order valence-corrected chi connectivity index (χ2v) is 5.38. The number of nitrogens with zero attached hydrogens (tertiary/aromatic N) is 1. The van der Waals surface area contributed by atoms with E-state index in [1.807, 2.05) is 0 Å². The molecule has 0 spiro atoms. The van der Waals surface area contributed by atoms with E-state index in [0.717, 1.165) is 25.9 Å². The van der Waals surface area contributed by atoms with Crippen LogP contribution in [0.4, 0.5) is 5.69 Å². The quantitative estimate of drug-likeness (QED) is 0.591. The summed E-state index contributed by atoms with van der Waals surface area (Å²) in [6.45, 7) is 2.49. The smallest absolute Gasteiger partial charge is 0.272 e. The van der Waals surface area contributed by atoms with Crippen LogP contribution >= 0.6 is 0 Å². The van der Waals surface area contributed by atoms with Crippen molar-refractivity contribution in [3.63, 3.8) is 0 Å². The van der Waals surface area contributed by atoms with Gasteiger partial charge in [-0.25, -0.2) is 0 Å². The molecule has 1 unspecified atom stereocenters. The summed E-state index contributed by atoms with van der Waals surface area (Å²) in [4.78, 5) is 22.2. The summed E-state index contributed by atoms with van der Waals surface area (Å²) < 4.78 is 0. The van der Waals surface area contributed by atoms with Crippen molar-refractivity contribution in [3.8, 4) is 0 Å². The predicted octanol–water partition coefficient (Wildman–Crippen LogP) is 1.64. The van der Waals surface area contributed by atoms with E-state index in [1.165, 1.54) is 6.07 Å². The summed E-state index contributed by atoms with van der Waals surface area (Å²) in [6.07, 6.45) is 3.06. The number of hydrogen-bond donors (Lipinski definition) is 2. The zero-order chi connectivity index (χ0) is 15.1. The van der Waals surface area contributed by atoms with Crippen molar-refractivity contribution in [2.45, 2.75) is 25.7 Å². The Bertz CT molecular complexity index is 499. The Kier molecular flexibility index (Phi) is 5.68. The first-order valence-corrected chi connectivity index (χ1v) is 7.36. The van der Waals surface area contributed by atoms with Gasteiger partial charge in [0.15, 0.2) is 0 Å². The molecule has 114 valence electrons. The van der Waals surface area contributed by atoms with Gasteiger partial charge in [0.05, 0.1) is 4.92 Å². The van der Waals surface area contributed by atoms with Crippen LogP contribution in [0.5, 0.6) is 0 Å². The molecule has 1 atom stereocenters. The maximum Gasteiger partial charge on any atom is 0.272 e. The van der Waals surface area contributed by atoms with Gasteiger partial charge < -0.3 is 10.6 Å². The fraction of sp³-hybridized carbons (Fsp3) is 0.533. The fourth-order valence-corrected chi connectivity index (χ4v) is 2.62. The van der Waals surface area contributed by atoms with Gasteiger partial charge in [-0.15, -0.1) is 0 Å². The Morgan fingerprint density at radius 2 is 2.24 bits per heavy atom. The molecular weight excluding hydrogens is 270 g/mol. The third kappa shape index (κ3) is 4.82. The lowest BCUT2D eigenvalue weighted by molar-refractivity contribution is -0.385. The number of nitro benzene ring substituents is 1. The highest BCUT2D eigenvalue weighted by Gasteiger charge is 2.16. The first-order valence-electron chi connectivity index (χ1n) is 7.36. The molecule has 2 N–H and O–H groups in total. The number of rotatable bonds is 7. The van der Waals surface area contributed by atoms with Gasteiger partial charge in [-0.3, -0.25) is 14.9 Å². The van der Waals surface area contributed by atoms with Crippen molar-refractivity contribution >= 4 is 11.6 Å². The maximum absolute atomic E-state index is 11.7. The summed E-state index contributed by atoms with van der Waals surface area (Å²) in [5.41, 5.74) is 0.770. The highest BCUT2D eigenvalue weighted by Crippen LogP contribution is 2.17. The molecule has 1 saturated heterocycles. The van der Waals surface area contributed by atoms with Crippen LogP contribution in [0.3, 0.4) is 0 Å². The number of carbonyl (C=O) groups is 1. The molecule has 1 amide bonds. The lowest BCUT2D eigenvalue weighted by Gasteiger charge is -2.09. The van der Waals surface area contributed by atoms with Crippen LogP contribution in [0, 0.1) is 16.0 Å². The maximum atomic E-state index is 11.7. The van der Waals surface area contributed by atoms with Crippen molar-refractivity contribution in [2.75, 3.05) is 19.6 Å². The number of amides is 1. The molecule has 21 heavy (non-hydrogen) atoms. The van der Waals surface area contributed by atoms with Gasteiger partial charge in [-0.2, -0.15) is 0 Å². The summed E-state index contributed by atoms with van der Waals surface area (Å²) >= 11 is 0. The first-order chi connectivity index (χ1) is 10.2. The van der Waals surface area contributed by atoms with Crippen LogP contribution in [0.1, 0.15) is 24.8 Å². The summed E-state index contributed by atoms with van der Waals surface area (Å²) in [7, 11) is 0. The Labute approximate surface area is 124 Å². The molecule has 6 heteroatoms. The van der Waals surface area contributed by atoms with Gasteiger partial charge >= 0.3 is 0 Å². The number of benzene rings is 1. The highest BCUT2D eigenvalue weighted by atomic mass is 16.6. The van der Waals surface area contributed by atoms with E-state index in [0.29, 0.717) is 30.9 Å². The third-order valence-corrected chi connectivity index (χ3v) is 3.85. The minimum Gasteiger partial charge on any atom is -0.356 e. The minimum atomic E-state index is -0.385. The van der Waals surface area contributed by atoms with E-state index < -0.39 is 0 Å². The van der Waals surface area contributed by atoms with E-state index >= 15 is 0 Å². The lowest BCUT2D eigenvalue weighted by Crippen LogP contribution is -2.26. The first kappa shape index (κ1) is 15.4. The molecule has 1 aromatic carbocycles. The van der Waals surface area contributed by atoms with Crippen molar-refractivity contribution < 1.29 is 9.72 Å². The van der Waals surface area contributed by atoms with Crippen LogP contribution in [-0.4, -0.2) is 30.5 Å². The van der Waals surface area contributed by atoms with Crippen molar-refractivity contribution in [1.29, 1.82) is 0 Å². The molecule has 0 saturated carbocycles. The topological polar surface area (TPSA) is 84.3 Å². The Balaban J connectivity index is 1.71. The average molecular weight is 291 g/mol. The molecule has 0 aliphatic carbocycles. The molecular formula is C15H21N3O3. The number of nitrogens with one attached hydrogen (secondary N) is 2. The van der Waals surface area contributed by atoms with Gasteiger partial charge in [-0.05, 0) is 38.3 Å². The number of nitro groups is 1. The van der Waals surface area contributed by atoms with E-state index in [9.17, 15) is 14.9 Å². The van der Waals surface area contributed by atoms with E-state index in [1.54, 1.807) is 18.2 Å². The minimum absolute atomic E-state index is 0.0282. The Hall–Kier alpha value is -1.95. The van der Waals surface area contributed by atoms with E-state index in [4.69, 9.17) is 0 Å². The van der Waals surface area contributed by atoms with E-state index in [-0.39, 0.29) is 16.5 Å². The highest BCUT2D eigenvalue weighted by molar-refractivity contribution is 5.75. The number of hydrogen-bond acceptors (Lipinski definition) is 4. The molecule has 0 bridgehead atoms. The van der Waals surface area contributed by atoms with Crippen LogP contribution in [0.25, 0.3) is 0 Å². The van der Waals surface area contributed by atoms with Crippen molar-refractivity contribution in [2.24, 2.45) is 5.92 Å². The molecule has 0 aromatic heterocycles. The van der Waals surface area contributed by atoms with Gasteiger partial charge in [0.2, 0.25) is 5.91 Å². The zero-order valence-electron chi connectivity index (χ0n) is 12.0. The Morgan fingerprint density at radius 1 is 1.43 bits per heavy atom. The summed E-state index contributed by atoms with van der Waals surface area (Å²) in [5.74, 6) is 0.631. The Morgan fingerprint density at radius 3 is 2.95 bits per heavy atom. The summed E-state index contributed by atoms with van der Waals surface area (Å²) in [6, 6.07) is 6.64. The van der Waals surface area contributed by atoms with Gasteiger partial charge in [0.1, 0.15) is 0 Å². The second-order valence-electron chi connectivity index (χ2n) is 5.38. The lowest BCUT2D eigenvalue weighted by atomic mass is 10.0. The van der Waals surface area contributed by atoms with Crippen LogP contribution in [0.2, 0.25) is 0 Å².